The van der Waals surface area contributed by atoms with E-state index >= 15 is 0 Å². The topological polar surface area (TPSA) is 38.7 Å². The molecular weight excluding hydrogens is 308 g/mol. The lowest BCUT2D eigenvalue weighted by Crippen LogP contribution is -2.02. The van der Waals surface area contributed by atoms with E-state index in [1.165, 1.54) is 0 Å². The molecule has 0 aliphatic rings. The van der Waals surface area contributed by atoms with Crippen LogP contribution in [0.5, 0.6) is 11.5 Å². The molecule has 2 rings (SSSR count). The molecule has 0 bridgehead atoms. The van der Waals surface area contributed by atoms with E-state index in [2.05, 4.69) is 15.9 Å². The highest BCUT2D eigenvalue weighted by molar-refractivity contribution is 9.10. The predicted molar refractivity (Wildman–Crippen MR) is 77.7 cm³/mol. The lowest BCUT2D eigenvalue weighted by Gasteiger charge is -2.16. The highest BCUT2D eigenvalue weighted by Gasteiger charge is 2.16. The summed E-state index contributed by atoms with van der Waals surface area (Å²) in [6.07, 6.45) is -0.738. The molecular formula is C15H15BrO3. The van der Waals surface area contributed by atoms with Crippen molar-refractivity contribution in [3.63, 3.8) is 0 Å². The number of methoxy groups -OCH3 is 2. The van der Waals surface area contributed by atoms with Crippen LogP contribution in [0.3, 0.4) is 0 Å². The molecule has 0 heterocycles. The number of ether oxygens (including phenoxy) is 2. The molecule has 0 radical (unpaired) electrons. The highest BCUT2D eigenvalue weighted by atomic mass is 79.9. The van der Waals surface area contributed by atoms with Gasteiger partial charge in [0.25, 0.3) is 0 Å². The fourth-order valence-corrected chi connectivity index (χ4v) is 2.32. The number of rotatable bonds is 4. The summed E-state index contributed by atoms with van der Waals surface area (Å²) in [5.41, 5.74) is 1.51. The predicted octanol–water partition coefficient (Wildman–Crippen LogP) is 3.55. The van der Waals surface area contributed by atoms with E-state index in [1.807, 2.05) is 30.3 Å². The largest absolute Gasteiger partial charge is 0.497 e. The minimum Gasteiger partial charge on any atom is -0.497 e. The van der Waals surface area contributed by atoms with Gasteiger partial charge < -0.3 is 14.6 Å². The zero-order valence-electron chi connectivity index (χ0n) is 10.8. The van der Waals surface area contributed by atoms with E-state index in [4.69, 9.17) is 9.47 Å². The minimum absolute atomic E-state index is 0.604. The van der Waals surface area contributed by atoms with E-state index < -0.39 is 6.10 Å². The Morgan fingerprint density at radius 3 is 2.47 bits per heavy atom. The Morgan fingerprint density at radius 2 is 1.84 bits per heavy atom. The Kier molecular flexibility index (Phi) is 4.45. The maximum atomic E-state index is 10.5. The summed E-state index contributed by atoms with van der Waals surface area (Å²) in [4.78, 5) is 0. The van der Waals surface area contributed by atoms with Crippen molar-refractivity contribution in [2.75, 3.05) is 14.2 Å². The van der Waals surface area contributed by atoms with Crippen LogP contribution in [0.2, 0.25) is 0 Å². The smallest absolute Gasteiger partial charge is 0.128 e. The van der Waals surface area contributed by atoms with Crippen molar-refractivity contribution < 1.29 is 14.6 Å². The molecule has 1 N–H and O–H groups in total. The van der Waals surface area contributed by atoms with Crippen molar-refractivity contribution in [2.45, 2.75) is 6.10 Å². The van der Waals surface area contributed by atoms with E-state index in [0.717, 1.165) is 10.0 Å². The molecule has 3 nitrogen and oxygen atoms in total. The normalized spacial score (nSPS) is 12.0. The molecule has 0 saturated heterocycles. The lowest BCUT2D eigenvalue weighted by molar-refractivity contribution is 0.214. The Bertz CT molecular complexity index is 569. The summed E-state index contributed by atoms with van der Waals surface area (Å²) in [7, 11) is 3.17. The monoisotopic (exact) mass is 322 g/mol. The van der Waals surface area contributed by atoms with Crippen molar-refractivity contribution in [3.05, 3.63) is 58.1 Å². The second-order valence-electron chi connectivity index (χ2n) is 4.07. The number of hydrogen-bond donors (Lipinski definition) is 1. The van der Waals surface area contributed by atoms with Gasteiger partial charge in [-0.1, -0.05) is 28.1 Å². The first-order valence-corrected chi connectivity index (χ1v) is 6.60. The van der Waals surface area contributed by atoms with Crippen LogP contribution in [0.15, 0.2) is 46.9 Å². The van der Waals surface area contributed by atoms with Gasteiger partial charge >= 0.3 is 0 Å². The average molecular weight is 323 g/mol. The maximum Gasteiger partial charge on any atom is 0.128 e. The van der Waals surface area contributed by atoms with Crippen molar-refractivity contribution in [2.24, 2.45) is 0 Å². The van der Waals surface area contributed by atoms with Crippen molar-refractivity contribution in [1.29, 1.82) is 0 Å². The van der Waals surface area contributed by atoms with E-state index in [-0.39, 0.29) is 0 Å². The molecule has 0 aliphatic heterocycles. The van der Waals surface area contributed by atoms with Gasteiger partial charge in [-0.15, -0.1) is 0 Å². The summed E-state index contributed by atoms with van der Waals surface area (Å²) in [6, 6.07) is 12.9. The van der Waals surface area contributed by atoms with Gasteiger partial charge in [-0.2, -0.15) is 0 Å². The molecule has 2 aromatic rings. The first kappa shape index (κ1) is 13.9. The molecule has 2 aromatic carbocycles. The van der Waals surface area contributed by atoms with Crippen LogP contribution in [0.25, 0.3) is 0 Å². The third-order valence-corrected chi connectivity index (χ3v) is 3.39. The van der Waals surface area contributed by atoms with Crippen LogP contribution in [0, 0.1) is 0 Å². The molecule has 0 saturated carbocycles. The minimum atomic E-state index is -0.738. The molecule has 1 atom stereocenters. The number of aliphatic hydroxyl groups excluding tert-OH is 1. The van der Waals surface area contributed by atoms with E-state index in [0.29, 0.717) is 17.1 Å². The number of benzene rings is 2. The van der Waals surface area contributed by atoms with Crippen LogP contribution in [0.1, 0.15) is 17.2 Å². The van der Waals surface area contributed by atoms with Crippen molar-refractivity contribution in [3.8, 4) is 11.5 Å². The van der Waals surface area contributed by atoms with Gasteiger partial charge in [0.15, 0.2) is 0 Å². The van der Waals surface area contributed by atoms with Gasteiger partial charge in [0, 0.05) is 16.1 Å². The quantitative estimate of drug-likeness (QED) is 0.935. The second kappa shape index (κ2) is 6.08. The molecule has 0 amide bonds. The fourth-order valence-electron chi connectivity index (χ4n) is 1.90. The summed E-state index contributed by atoms with van der Waals surface area (Å²) in [5, 5.41) is 10.5. The standard InChI is InChI=1S/C15H15BrO3/c1-18-12-6-7-13(14(9-12)19-2)15(17)10-4-3-5-11(16)8-10/h3-9,15,17H,1-2H3/t15-/m1/s1. The van der Waals surface area contributed by atoms with E-state index in [1.54, 1.807) is 26.4 Å². The van der Waals surface area contributed by atoms with Crippen molar-refractivity contribution in [1.82, 2.24) is 0 Å². The number of halogens is 1. The van der Waals surface area contributed by atoms with Crippen LogP contribution >= 0.6 is 15.9 Å². The Labute approximate surface area is 120 Å². The van der Waals surface area contributed by atoms with E-state index in [9.17, 15) is 5.11 Å². The summed E-state index contributed by atoms with van der Waals surface area (Å²) in [5.74, 6) is 1.30. The Balaban J connectivity index is 2.40. The van der Waals surface area contributed by atoms with Crippen molar-refractivity contribution >= 4 is 15.9 Å². The van der Waals surface area contributed by atoms with Crippen LogP contribution in [-0.2, 0) is 0 Å². The third-order valence-electron chi connectivity index (χ3n) is 2.90. The summed E-state index contributed by atoms with van der Waals surface area (Å²) < 4.78 is 11.4. The molecule has 0 aromatic heterocycles. The zero-order valence-corrected chi connectivity index (χ0v) is 12.3. The molecule has 0 aliphatic carbocycles. The SMILES string of the molecule is COc1ccc([C@H](O)c2cccc(Br)c2)c(OC)c1. The molecule has 4 heteroatoms. The van der Waals surface area contributed by atoms with Gasteiger partial charge in [0.2, 0.25) is 0 Å². The molecule has 0 unspecified atom stereocenters. The average Bonchev–Trinajstić information content (AvgIpc) is 2.45. The lowest BCUT2D eigenvalue weighted by atomic mass is 10.0. The van der Waals surface area contributed by atoms with Gasteiger partial charge in [0.05, 0.1) is 14.2 Å². The number of hydrogen-bond acceptors (Lipinski definition) is 3. The van der Waals surface area contributed by atoms with Crippen LogP contribution in [-0.4, -0.2) is 19.3 Å². The summed E-state index contributed by atoms with van der Waals surface area (Å²) >= 11 is 3.40. The fraction of sp³-hybridized carbons (Fsp3) is 0.200. The molecule has 0 spiro atoms. The maximum absolute atomic E-state index is 10.5. The van der Waals surface area contributed by atoms with Gasteiger partial charge in [-0.05, 0) is 29.8 Å². The van der Waals surface area contributed by atoms with Crippen LogP contribution < -0.4 is 9.47 Å². The first-order chi connectivity index (χ1) is 9.15. The molecule has 19 heavy (non-hydrogen) atoms. The third kappa shape index (κ3) is 3.08. The first-order valence-electron chi connectivity index (χ1n) is 5.81. The number of aliphatic hydroxyl groups is 1. The molecule has 100 valence electrons. The van der Waals surface area contributed by atoms with Crippen LogP contribution in [0.4, 0.5) is 0 Å². The second-order valence-corrected chi connectivity index (χ2v) is 4.98. The van der Waals surface area contributed by atoms with Gasteiger partial charge in [-0.3, -0.25) is 0 Å². The van der Waals surface area contributed by atoms with Gasteiger partial charge in [0.1, 0.15) is 17.6 Å². The Hall–Kier alpha value is -1.52. The summed E-state index contributed by atoms with van der Waals surface area (Å²) in [6.45, 7) is 0. The highest BCUT2D eigenvalue weighted by Crippen LogP contribution is 2.33. The van der Waals surface area contributed by atoms with Gasteiger partial charge in [-0.25, -0.2) is 0 Å². The zero-order chi connectivity index (χ0) is 13.8. The Morgan fingerprint density at radius 1 is 1.05 bits per heavy atom. The molecule has 0 fully saturated rings.